The molecule has 3 aromatic rings. The van der Waals surface area contributed by atoms with Crippen molar-refractivity contribution in [3.05, 3.63) is 66.9 Å². The Morgan fingerprint density at radius 1 is 1.19 bits per heavy atom. The number of H-pyrrole nitrogens is 1. The Bertz CT molecular complexity index is 1390. The fourth-order valence-corrected chi connectivity index (χ4v) is 6.24. The van der Waals surface area contributed by atoms with Gasteiger partial charge in [-0.15, -0.1) is 0 Å². The fraction of sp³-hybridized carbons (Fsp3) is 0.333. The first kappa shape index (κ1) is 25.8. The first-order valence-electron chi connectivity index (χ1n) is 11.5. The van der Waals surface area contributed by atoms with Crippen LogP contribution in [-0.2, 0) is 17.8 Å². The van der Waals surface area contributed by atoms with Crippen LogP contribution in [0.15, 0.2) is 24.3 Å². The van der Waals surface area contributed by atoms with E-state index in [0.717, 1.165) is 16.9 Å². The van der Waals surface area contributed by atoms with Crippen molar-refractivity contribution in [1.82, 2.24) is 20.6 Å². The van der Waals surface area contributed by atoms with Crippen LogP contribution < -0.4 is 15.5 Å². The first-order valence-corrected chi connectivity index (χ1v) is 13.4. The minimum absolute atomic E-state index is 0.00200. The number of aromatic nitrogens is 2. The van der Waals surface area contributed by atoms with Crippen molar-refractivity contribution in [2.45, 2.75) is 25.9 Å². The van der Waals surface area contributed by atoms with E-state index in [0.29, 0.717) is 34.0 Å². The Hall–Kier alpha value is -2.79. The fourth-order valence-electron chi connectivity index (χ4n) is 4.67. The number of carbonyl (C=O) groups is 3. The zero-order valence-electron chi connectivity index (χ0n) is 19.5. The summed E-state index contributed by atoms with van der Waals surface area (Å²) < 4.78 is 0. The van der Waals surface area contributed by atoms with Crippen molar-refractivity contribution in [3.63, 3.8) is 0 Å². The molecule has 0 radical (unpaired) electrons. The van der Waals surface area contributed by atoms with Crippen LogP contribution in [-0.4, -0.2) is 52.0 Å². The number of carboxylic acids is 1. The van der Waals surface area contributed by atoms with Gasteiger partial charge in [0.05, 0.1) is 22.2 Å². The number of hydrogen-bond donors (Lipinski definition) is 4. The van der Waals surface area contributed by atoms with Crippen molar-refractivity contribution < 1.29 is 19.5 Å². The molecule has 4 N–H and O–H groups in total. The number of aromatic amines is 1. The molecule has 0 spiro atoms. The van der Waals surface area contributed by atoms with E-state index in [-0.39, 0.29) is 63.9 Å². The van der Waals surface area contributed by atoms with Crippen molar-refractivity contribution in [3.8, 4) is 0 Å². The number of nitrogens with zero attached hydrogens (tertiary/aromatic N) is 2. The van der Waals surface area contributed by atoms with E-state index in [1.807, 2.05) is 11.0 Å². The summed E-state index contributed by atoms with van der Waals surface area (Å²) in [5, 5.41) is 17.1. The maximum absolute atomic E-state index is 12.6. The summed E-state index contributed by atoms with van der Waals surface area (Å²) in [5.74, 6) is -1.32. The van der Waals surface area contributed by atoms with Crippen LogP contribution in [0.3, 0.4) is 0 Å². The highest BCUT2D eigenvalue weighted by molar-refractivity contribution is 7.17. The van der Waals surface area contributed by atoms with Gasteiger partial charge in [0.1, 0.15) is 10.6 Å². The molecule has 5 rings (SSSR count). The highest BCUT2D eigenvalue weighted by Gasteiger charge is 2.57. The van der Waals surface area contributed by atoms with Gasteiger partial charge in [-0.1, -0.05) is 58.3 Å². The largest absolute Gasteiger partial charge is 0.477 e. The van der Waals surface area contributed by atoms with E-state index in [9.17, 15) is 19.5 Å². The Labute approximate surface area is 231 Å². The predicted molar refractivity (Wildman–Crippen MR) is 142 cm³/mol. The summed E-state index contributed by atoms with van der Waals surface area (Å²) in [6.45, 7) is 3.27. The highest BCUT2D eigenvalue weighted by Crippen LogP contribution is 2.48. The highest BCUT2D eigenvalue weighted by atomic mass is 35.5. The topological polar surface area (TPSA) is 127 Å². The van der Waals surface area contributed by atoms with Gasteiger partial charge in [0, 0.05) is 48.2 Å². The molecule has 2 aliphatic rings. The van der Waals surface area contributed by atoms with E-state index in [4.69, 9.17) is 34.8 Å². The van der Waals surface area contributed by atoms with Crippen molar-refractivity contribution in [2.24, 2.45) is 11.8 Å². The Kier molecular flexibility index (Phi) is 7.10. The van der Waals surface area contributed by atoms with E-state index in [1.165, 1.54) is 0 Å². The Morgan fingerprint density at radius 2 is 1.92 bits per heavy atom. The van der Waals surface area contributed by atoms with Crippen LogP contribution in [0.4, 0.5) is 5.13 Å². The molecule has 3 atom stereocenters. The average molecular weight is 583 g/mol. The molecule has 2 aromatic heterocycles. The van der Waals surface area contributed by atoms with Gasteiger partial charge < -0.3 is 25.6 Å². The Balaban J connectivity index is 1.18. The molecule has 194 valence electrons. The average Bonchev–Trinajstić information content (AvgIpc) is 3.21. The number of carboxylic acid groups (broad SMARTS) is 1. The van der Waals surface area contributed by atoms with Crippen LogP contribution in [0.2, 0.25) is 15.1 Å². The number of aryl methyl sites for hydroxylation is 1. The second-order valence-corrected chi connectivity index (χ2v) is 11.3. The van der Waals surface area contributed by atoms with E-state index >= 15 is 0 Å². The zero-order chi connectivity index (χ0) is 26.4. The third-order valence-electron chi connectivity index (χ3n) is 6.63. The minimum Gasteiger partial charge on any atom is -0.477 e. The first-order chi connectivity index (χ1) is 17.6. The number of piperidine rings is 1. The summed E-state index contributed by atoms with van der Waals surface area (Å²) in [5.41, 5.74) is 1.95. The number of nitrogens with one attached hydrogen (secondary N) is 3. The van der Waals surface area contributed by atoms with Crippen molar-refractivity contribution >= 4 is 69.1 Å². The van der Waals surface area contributed by atoms with Gasteiger partial charge in [-0.2, -0.15) is 0 Å². The maximum Gasteiger partial charge on any atom is 0.347 e. The molecular weight excluding hydrogens is 561 g/mol. The quantitative estimate of drug-likeness (QED) is 0.316. The summed E-state index contributed by atoms with van der Waals surface area (Å²) in [6, 6.07) is 7.13. The van der Waals surface area contributed by atoms with Crippen LogP contribution in [0.1, 0.15) is 37.1 Å². The van der Waals surface area contributed by atoms with Crippen molar-refractivity contribution in [2.75, 3.05) is 18.0 Å². The lowest BCUT2D eigenvalue weighted by molar-refractivity contribution is -0.120. The molecule has 1 aliphatic carbocycles. The van der Waals surface area contributed by atoms with Gasteiger partial charge in [-0.05, 0) is 24.6 Å². The number of amides is 2. The zero-order valence-corrected chi connectivity index (χ0v) is 22.6. The lowest BCUT2D eigenvalue weighted by Crippen LogP contribution is -2.35. The molecule has 0 bridgehead atoms. The smallest absolute Gasteiger partial charge is 0.347 e. The number of aromatic carboxylic acids is 1. The molecule has 2 amide bonds. The lowest BCUT2D eigenvalue weighted by Gasteiger charge is -2.19. The van der Waals surface area contributed by atoms with Crippen LogP contribution in [0.25, 0.3) is 0 Å². The number of anilines is 1. The number of hydrogen-bond acceptors (Lipinski definition) is 6. The summed E-state index contributed by atoms with van der Waals surface area (Å²) in [4.78, 5) is 46.4. The minimum atomic E-state index is -1.12. The standard InChI is InChI=1S/C24H22Cl3N5O4S/c1-10-17(26)18(27)20(29-10)22(34)31-19-13-8-32(9-14(13)19)24-30-15(21(37-24)23(35)36)6-16(33)28-7-11-3-2-4-12(25)5-11/h2-5,13-14,19,29H,6-9H2,1H3,(H,28,33)(H,31,34)(H,35,36)/t13-,14+,19+. The second kappa shape index (κ2) is 10.2. The monoisotopic (exact) mass is 581 g/mol. The normalized spacial score (nSPS) is 20.0. The third kappa shape index (κ3) is 5.29. The van der Waals surface area contributed by atoms with Gasteiger partial charge in [0.15, 0.2) is 5.13 Å². The van der Waals surface area contributed by atoms with Gasteiger partial charge >= 0.3 is 5.97 Å². The Morgan fingerprint density at radius 3 is 2.54 bits per heavy atom. The molecular formula is C24H22Cl3N5O4S. The third-order valence-corrected chi connectivity index (χ3v) is 8.96. The van der Waals surface area contributed by atoms with Crippen molar-refractivity contribution in [1.29, 1.82) is 0 Å². The summed E-state index contributed by atoms with van der Waals surface area (Å²) in [7, 11) is 0. The number of thiazole rings is 1. The maximum atomic E-state index is 12.6. The number of carbonyl (C=O) groups excluding carboxylic acids is 2. The second-order valence-electron chi connectivity index (χ2n) is 9.15. The summed E-state index contributed by atoms with van der Waals surface area (Å²) >= 11 is 19.3. The molecule has 37 heavy (non-hydrogen) atoms. The molecule has 1 aromatic carbocycles. The number of rotatable bonds is 8. The lowest BCUT2D eigenvalue weighted by atomic mass is 10.2. The number of fused-ring (bicyclic) bond motifs is 1. The van der Waals surface area contributed by atoms with Gasteiger partial charge in [0.25, 0.3) is 5.91 Å². The van der Waals surface area contributed by atoms with Crippen LogP contribution >= 0.6 is 46.1 Å². The molecule has 13 heteroatoms. The van der Waals surface area contributed by atoms with E-state index in [2.05, 4.69) is 20.6 Å². The molecule has 1 saturated carbocycles. The molecule has 2 fully saturated rings. The SMILES string of the molecule is Cc1[nH]c(C(=O)N[C@H]2[C@@H]3CN(c4nc(CC(=O)NCc5cccc(Cl)c5)c(C(=O)O)s4)C[C@@H]32)c(Cl)c1Cl. The van der Waals surface area contributed by atoms with Crippen LogP contribution in [0.5, 0.6) is 0 Å². The predicted octanol–water partition coefficient (Wildman–Crippen LogP) is 4.16. The van der Waals surface area contributed by atoms with Gasteiger partial charge in [0.2, 0.25) is 5.91 Å². The summed E-state index contributed by atoms with van der Waals surface area (Å²) in [6.07, 6.45) is -0.142. The van der Waals surface area contributed by atoms with Gasteiger partial charge in [-0.3, -0.25) is 9.59 Å². The van der Waals surface area contributed by atoms with E-state index in [1.54, 1.807) is 25.1 Å². The number of benzene rings is 1. The number of halogens is 3. The van der Waals surface area contributed by atoms with Gasteiger partial charge in [-0.25, -0.2) is 9.78 Å². The molecule has 9 nitrogen and oxygen atoms in total. The van der Waals surface area contributed by atoms with E-state index < -0.39 is 5.97 Å². The molecule has 1 saturated heterocycles. The molecule has 1 aliphatic heterocycles. The van der Waals surface area contributed by atoms with Crippen LogP contribution in [0, 0.1) is 18.8 Å². The molecule has 3 heterocycles. The molecule has 0 unspecified atom stereocenters.